The Morgan fingerprint density at radius 3 is 2.74 bits per heavy atom. The number of hydrogen-bond donors (Lipinski definition) is 1. The molecule has 1 amide bonds. The third kappa shape index (κ3) is 3.13. The maximum atomic E-state index is 12.3. The molecule has 7 nitrogen and oxygen atoms in total. The number of amides is 1. The SMILES string of the molecule is Cc1ccc(CNC(=O)Cn2cnc3onc(C)c3c2=O)cc1. The lowest BCUT2D eigenvalue weighted by molar-refractivity contribution is -0.121. The number of aromatic nitrogens is 3. The number of hydrogen-bond acceptors (Lipinski definition) is 5. The van der Waals surface area contributed by atoms with E-state index in [0.717, 1.165) is 11.1 Å². The summed E-state index contributed by atoms with van der Waals surface area (Å²) < 4.78 is 6.18. The first-order chi connectivity index (χ1) is 11.0. The summed E-state index contributed by atoms with van der Waals surface area (Å²) in [5.74, 6) is -0.261. The van der Waals surface area contributed by atoms with Gasteiger partial charge >= 0.3 is 0 Å². The van der Waals surface area contributed by atoms with Crippen LogP contribution in [0.25, 0.3) is 11.1 Å². The molecule has 0 atom stereocenters. The summed E-state index contributed by atoms with van der Waals surface area (Å²) in [6.07, 6.45) is 1.29. The van der Waals surface area contributed by atoms with Gasteiger partial charge in [-0.2, -0.15) is 0 Å². The molecule has 0 aliphatic rings. The van der Waals surface area contributed by atoms with E-state index in [9.17, 15) is 9.59 Å². The molecule has 0 fully saturated rings. The van der Waals surface area contributed by atoms with Gasteiger partial charge in [0.1, 0.15) is 18.3 Å². The Kier molecular flexibility index (Phi) is 3.92. The molecule has 3 rings (SSSR count). The molecule has 3 aromatic rings. The highest BCUT2D eigenvalue weighted by molar-refractivity contribution is 5.77. The van der Waals surface area contributed by atoms with E-state index in [4.69, 9.17) is 4.52 Å². The van der Waals surface area contributed by atoms with Crippen LogP contribution in [0.4, 0.5) is 0 Å². The van der Waals surface area contributed by atoms with Gasteiger partial charge < -0.3 is 9.84 Å². The fourth-order valence-electron chi connectivity index (χ4n) is 2.24. The van der Waals surface area contributed by atoms with Crippen LogP contribution >= 0.6 is 0 Å². The second-order valence-corrected chi connectivity index (χ2v) is 5.39. The van der Waals surface area contributed by atoms with Gasteiger partial charge in [-0.25, -0.2) is 4.98 Å². The molecular weight excluding hydrogens is 296 g/mol. The first-order valence-corrected chi connectivity index (χ1v) is 7.18. The molecule has 23 heavy (non-hydrogen) atoms. The molecule has 1 N–H and O–H groups in total. The standard InChI is InChI=1S/C16H16N4O3/c1-10-3-5-12(6-4-10)7-17-13(21)8-20-9-18-15-14(16(20)22)11(2)19-23-15/h3-6,9H,7-8H2,1-2H3,(H,17,21). The van der Waals surface area contributed by atoms with Crippen LogP contribution in [0.1, 0.15) is 16.8 Å². The van der Waals surface area contributed by atoms with Crippen molar-refractivity contribution in [2.45, 2.75) is 26.9 Å². The maximum Gasteiger partial charge on any atom is 0.267 e. The van der Waals surface area contributed by atoms with Crippen molar-refractivity contribution in [1.82, 2.24) is 20.0 Å². The van der Waals surface area contributed by atoms with Crippen LogP contribution in [0, 0.1) is 13.8 Å². The topological polar surface area (TPSA) is 90.0 Å². The number of benzene rings is 1. The van der Waals surface area contributed by atoms with Gasteiger partial charge in [-0.1, -0.05) is 35.0 Å². The van der Waals surface area contributed by atoms with E-state index in [2.05, 4.69) is 15.5 Å². The summed E-state index contributed by atoms with van der Waals surface area (Å²) in [4.78, 5) is 28.3. The van der Waals surface area contributed by atoms with Crippen molar-refractivity contribution in [3.8, 4) is 0 Å². The van der Waals surface area contributed by atoms with Crippen LogP contribution in [-0.4, -0.2) is 20.6 Å². The van der Waals surface area contributed by atoms with Gasteiger partial charge in [-0.15, -0.1) is 0 Å². The highest BCUT2D eigenvalue weighted by Crippen LogP contribution is 2.09. The Morgan fingerprint density at radius 1 is 1.26 bits per heavy atom. The molecule has 2 aromatic heterocycles. The smallest absolute Gasteiger partial charge is 0.267 e. The Labute approximate surface area is 131 Å². The van der Waals surface area contributed by atoms with Crippen LogP contribution in [0.15, 0.2) is 39.9 Å². The summed E-state index contributed by atoms with van der Waals surface area (Å²) in [7, 11) is 0. The van der Waals surface area contributed by atoms with E-state index in [-0.39, 0.29) is 23.7 Å². The molecule has 0 spiro atoms. The summed E-state index contributed by atoms with van der Waals surface area (Å²) in [5.41, 5.74) is 2.48. The molecule has 0 aliphatic heterocycles. The predicted molar refractivity (Wildman–Crippen MR) is 83.8 cm³/mol. The molecular formula is C16H16N4O3. The molecule has 0 aliphatic carbocycles. The van der Waals surface area contributed by atoms with Gasteiger partial charge in [0.15, 0.2) is 0 Å². The number of nitrogens with zero attached hydrogens (tertiary/aromatic N) is 3. The number of carbonyl (C=O) groups is 1. The number of rotatable bonds is 4. The van der Waals surface area contributed by atoms with Crippen LogP contribution in [0.2, 0.25) is 0 Å². The fraction of sp³-hybridized carbons (Fsp3) is 0.250. The zero-order valence-corrected chi connectivity index (χ0v) is 12.9. The van der Waals surface area contributed by atoms with Crippen LogP contribution in [0.5, 0.6) is 0 Å². The minimum absolute atomic E-state index is 0.0990. The van der Waals surface area contributed by atoms with Gasteiger partial charge in [0, 0.05) is 6.54 Å². The molecule has 0 saturated heterocycles. The van der Waals surface area contributed by atoms with E-state index in [1.54, 1.807) is 6.92 Å². The second-order valence-electron chi connectivity index (χ2n) is 5.39. The van der Waals surface area contributed by atoms with Gasteiger partial charge in [0.2, 0.25) is 5.91 Å². The third-order valence-corrected chi connectivity index (χ3v) is 3.56. The molecule has 118 valence electrons. The molecule has 0 unspecified atom stereocenters. The van der Waals surface area contributed by atoms with Crippen molar-refractivity contribution >= 4 is 17.0 Å². The molecule has 0 saturated carbocycles. The van der Waals surface area contributed by atoms with E-state index in [1.807, 2.05) is 31.2 Å². The number of aryl methyl sites for hydroxylation is 2. The summed E-state index contributed by atoms with van der Waals surface area (Å²) in [5, 5.41) is 6.80. The molecule has 0 bridgehead atoms. The highest BCUT2D eigenvalue weighted by Gasteiger charge is 2.13. The minimum Gasteiger partial charge on any atom is -0.350 e. The average Bonchev–Trinajstić information content (AvgIpc) is 2.91. The van der Waals surface area contributed by atoms with Crippen molar-refractivity contribution in [2.24, 2.45) is 0 Å². The normalized spacial score (nSPS) is 10.9. The Morgan fingerprint density at radius 2 is 2.00 bits per heavy atom. The lowest BCUT2D eigenvalue weighted by Gasteiger charge is -2.07. The van der Waals surface area contributed by atoms with Crippen molar-refractivity contribution in [2.75, 3.05) is 0 Å². The molecule has 1 aromatic carbocycles. The third-order valence-electron chi connectivity index (χ3n) is 3.56. The van der Waals surface area contributed by atoms with Gasteiger partial charge in [-0.3, -0.25) is 14.2 Å². The Bertz CT molecular complexity index is 909. The van der Waals surface area contributed by atoms with Gasteiger partial charge in [0.25, 0.3) is 11.3 Å². The van der Waals surface area contributed by atoms with Gasteiger partial charge in [0.05, 0.1) is 5.69 Å². The highest BCUT2D eigenvalue weighted by atomic mass is 16.5. The van der Waals surface area contributed by atoms with E-state index in [0.29, 0.717) is 17.6 Å². The molecule has 2 heterocycles. The zero-order chi connectivity index (χ0) is 16.4. The van der Waals surface area contributed by atoms with Gasteiger partial charge in [-0.05, 0) is 19.4 Å². The number of carbonyl (C=O) groups excluding carboxylic acids is 1. The van der Waals surface area contributed by atoms with E-state index < -0.39 is 0 Å². The zero-order valence-electron chi connectivity index (χ0n) is 12.9. The average molecular weight is 312 g/mol. The minimum atomic E-state index is -0.334. The van der Waals surface area contributed by atoms with Crippen molar-refractivity contribution in [3.63, 3.8) is 0 Å². The second kappa shape index (κ2) is 6.04. The molecule has 0 radical (unpaired) electrons. The Balaban J connectivity index is 1.70. The summed E-state index contributed by atoms with van der Waals surface area (Å²) in [6, 6.07) is 7.88. The van der Waals surface area contributed by atoms with Crippen molar-refractivity contribution in [1.29, 1.82) is 0 Å². The van der Waals surface area contributed by atoms with E-state index in [1.165, 1.54) is 10.9 Å². The number of fused-ring (bicyclic) bond motifs is 1. The largest absolute Gasteiger partial charge is 0.350 e. The summed E-state index contributed by atoms with van der Waals surface area (Å²) >= 11 is 0. The lowest BCUT2D eigenvalue weighted by atomic mass is 10.1. The van der Waals surface area contributed by atoms with Crippen molar-refractivity contribution in [3.05, 3.63) is 57.8 Å². The van der Waals surface area contributed by atoms with Crippen LogP contribution in [0.3, 0.4) is 0 Å². The first-order valence-electron chi connectivity index (χ1n) is 7.18. The first kappa shape index (κ1) is 15.0. The maximum absolute atomic E-state index is 12.3. The quantitative estimate of drug-likeness (QED) is 0.784. The van der Waals surface area contributed by atoms with Crippen LogP contribution < -0.4 is 10.9 Å². The predicted octanol–water partition coefficient (Wildman–Crippen LogP) is 1.32. The summed E-state index contributed by atoms with van der Waals surface area (Å²) in [6.45, 7) is 3.98. The van der Waals surface area contributed by atoms with Crippen molar-refractivity contribution < 1.29 is 9.32 Å². The fourth-order valence-corrected chi connectivity index (χ4v) is 2.24. The van der Waals surface area contributed by atoms with Crippen LogP contribution in [-0.2, 0) is 17.9 Å². The van der Waals surface area contributed by atoms with E-state index >= 15 is 0 Å². The monoisotopic (exact) mass is 312 g/mol. The lowest BCUT2D eigenvalue weighted by Crippen LogP contribution is -2.32. The molecule has 7 heteroatoms. The number of nitrogens with one attached hydrogen (secondary N) is 1. The Hall–Kier alpha value is -2.96.